The lowest BCUT2D eigenvalue weighted by Crippen LogP contribution is -2.31. The molecule has 0 aliphatic rings. The summed E-state index contributed by atoms with van der Waals surface area (Å²) in [5, 5.41) is 4.45. The lowest BCUT2D eigenvalue weighted by molar-refractivity contribution is 0.504. The highest BCUT2D eigenvalue weighted by Gasteiger charge is 2.16. The molecular weight excluding hydrogens is 228 g/mol. The number of aromatic nitrogens is 4. The zero-order chi connectivity index (χ0) is 13.1. The van der Waals surface area contributed by atoms with E-state index in [0.29, 0.717) is 0 Å². The van der Waals surface area contributed by atoms with Gasteiger partial charge in [0.25, 0.3) is 0 Å². The van der Waals surface area contributed by atoms with Crippen molar-refractivity contribution in [3.05, 3.63) is 35.7 Å². The molecule has 0 aliphatic heterocycles. The van der Waals surface area contributed by atoms with Crippen molar-refractivity contribution in [2.45, 2.75) is 25.8 Å². The van der Waals surface area contributed by atoms with Crippen LogP contribution in [0.25, 0.3) is 0 Å². The second-order valence-corrected chi connectivity index (χ2v) is 4.46. The standard InChI is InChI=1S/C12H20N6/c1-4-9-5-10(18(3)16-9)6-11(15-13)12-7-14-8-17(12)2/h5,7-8,11,15H,4,6,13H2,1-3H3. The average Bonchev–Trinajstić information content (AvgIpc) is 2.93. The molecule has 0 spiro atoms. The predicted octanol–water partition coefficient (Wildman–Crippen LogP) is 0.463. The predicted molar refractivity (Wildman–Crippen MR) is 69.6 cm³/mol. The SMILES string of the molecule is CCc1cc(CC(NN)c2cncn2C)n(C)n1. The number of nitrogens with two attached hydrogens (primary N) is 1. The molecule has 0 saturated carbocycles. The molecule has 2 rings (SSSR count). The first-order valence-electron chi connectivity index (χ1n) is 6.09. The Kier molecular flexibility index (Phi) is 3.78. The van der Waals surface area contributed by atoms with E-state index in [1.54, 1.807) is 6.33 Å². The molecule has 1 unspecified atom stereocenters. The number of nitrogens with zero attached hydrogens (tertiary/aromatic N) is 4. The summed E-state index contributed by atoms with van der Waals surface area (Å²) in [4.78, 5) is 4.12. The topological polar surface area (TPSA) is 73.7 Å². The summed E-state index contributed by atoms with van der Waals surface area (Å²) >= 11 is 0. The number of hydrazine groups is 1. The zero-order valence-electron chi connectivity index (χ0n) is 11.1. The molecule has 1 atom stereocenters. The summed E-state index contributed by atoms with van der Waals surface area (Å²) in [6.45, 7) is 2.10. The Morgan fingerprint density at radius 2 is 2.22 bits per heavy atom. The molecule has 0 aromatic carbocycles. The van der Waals surface area contributed by atoms with E-state index in [9.17, 15) is 0 Å². The van der Waals surface area contributed by atoms with Gasteiger partial charge in [-0.3, -0.25) is 16.0 Å². The van der Waals surface area contributed by atoms with Crippen molar-refractivity contribution < 1.29 is 0 Å². The third kappa shape index (κ3) is 2.44. The highest BCUT2D eigenvalue weighted by molar-refractivity contribution is 5.15. The van der Waals surface area contributed by atoms with E-state index in [1.165, 1.54) is 0 Å². The normalized spacial score (nSPS) is 12.9. The fraction of sp³-hybridized carbons (Fsp3) is 0.500. The Balaban J connectivity index is 2.20. The fourth-order valence-electron chi connectivity index (χ4n) is 2.10. The molecule has 0 amide bonds. The molecule has 0 saturated heterocycles. The summed E-state index contributed by atoms with van der Waals surface area (Å²) in [7, 11) is 3.93. The summed E-state index contributed by atoms with van der Waals surface area (Å²) in [5.41, 5.74) is 6.18. The molecule has 0 radical (unpaired) electrons. The molecule has 6 nitrogen and oxygen atoms in total. The van der Waals surface area contributed by atoms with Crippen molar-refractivity contribution in [1.82, 2.24) is 24.8 Å². The van der Waals surface area contributed by atoms with Crippen molar-refractivity contribution in [2.75, 3.05) is 0 Å². The molecule has 18 heavy (non-hydrogen) atoms. The van der Waals surface area contributed by atoms with E-state index in [1.807, 2.05) is 29.5 Å². The van der Waals surface area contributed by atoms with Crippen LogP contribution in [0.4, 0.5) is 0 Å². The van der Waals surface area contributed by atoms with Crippen LogP contribution in [0.5, 0.6) is 0 Å². The molecule has 0 aliphatic carbocycles. The highest BCUT2D eigenvalue weighted by atomic mass is 15.3. The van der Waals surface area contributed by atoms with Crippen LogP contribution in [0.1, 0.15) is 30.0 Å². The molecule has 2 heterocycles. The van der Waals surface area contributed by atoms with E-state index in [0.717, 1.165) is 29.9 Å². The van der Waals surface area contributed by atoms with Gasteiger partial charge < -0.3 is 4.57 Å². The van der Waals surface area contributed by atoms with Crippen molar-refractivity contribution >= 4 is 0 Å². The first kappa shape index (κ1) is 12.8. The molecule has 98 valence electrons. The Morgan fingerprint density at radius 3 is 2.72 bits per heavy atom. The number of nitrogens with one attached hydrogen (secondary N) is 1. The molecule has 2 aromatic heterocycles. The number of imidazole rings is 1. The van der Waals surface area contributed by atoms with Gasteiger partial charge in [0.1, 0.15) is 0 Å². The minimum Gasteiger partial charge on any atom is -0.336 e. The molecule has 6 heteroatoms. The minimum absolute atomic E-state index is 0.0395. The second kappa shape index (κ2) is 5.32. The van der Waals surface area contributed by atoms with Gasteiger partial charge in [-0.1, -0.05) is 6.92 Å². The molecule has 3 N–H and O–H groups in total. The third-order valence-corrected chi connectivity index (χ3v) is 3.21. The second-order valence-electron chi connectivity index (χ2n) is 4.46. The van der Waals surface area contributed by atoms with Crippen LogP contribution in [0.3, 0.4) is 0 Å². The fourth-order valence-corrected chi connectivity index (χ4v) is 2.10. The molecule has 0 fully saturated rings. The summed E-state index contributed by atoms with van der Waals surface area (Å²) < 4.78 is 3.89. The van der Waals surface area contributed by atoms with Gasteiger partial charge in [-0.2, -0.15) is 5.10 Å². The van der Waals surface area contributed by atoms with Crippen molar-refractivity contribution in [2.24, 2.45) is 19.9 Å². The summed E-state index contributed by atoms with van der Waals surface area (Å²) in [5.74, 6) is 5.65. The first-order chi connectivity index (χ1) is 8.65. The first-order valence-corrected chi connectivity index (χ1v) is 6.09. The van der Waals surface area contributed by atoms with Crippen molar-refractivity contribution in [3.63, 3.8) is 0 Å². The van der Waals surface area contributed by atoms with Gasteiger partial charge in [-0.05, 0) is 12.5 Å². The van der Waals surface area contributed by atoms with Crippen LogP contribution < -0.4 is 11.3 Å². The van der Waals surface area contributed by atoms with Gasteiger partial charge in [-0.15, -0.1) is 0 Å². The van der Waals surface area contributed by atoms with Crippen LogP contribution in [0, 0.1) is 0 Å². The smallest absolute Gasteiger partial charge is 0.0946 e. The lowest BCUT2D eigenvalue weighted by atomic mass is 10.1. The van der Waals surface area contributed by atoms with Crippen LogP contribution >= 0.6 is 0 Å². The van der Waals surface area contributed by atoms with Gasteiger partial charge in [0.15, 0.2) is 0 Å². The van der Waals surface area contributed by atoms with E-state index < -0.39 is 0 Å². The van der Waals surface area contributed by atoms with Crippen LogP contribution in [0.15, 0.2) is 18.6 Å². The van der Waals surface area contributed by atoms with E-state index >= 15 is 0 Å². The number of aryl methyl sites for hydroxylation is 3. The molecule has 2 aromatic rings. The van der Waals surface area contributed by atoms with E-state index in [-0.39, 0.29) is 6.04 Å². The van der Waals surface area contributed by atoms with Gasteiger partial charge in [0, 0.05) is 32.4 Å². The zero-order valence-corrected chi connectivity index (χ0v) is 11.1. The van der Waals surface area contributed by atoms with Gasteiger partial charge in [0.05, 0.1) is 23.8 Å². The van der Waals surface area contributed by atoms with Crippen LogP contribution in [-0.2, 0) is 26.9 Å². The summed E-state index contributed by atoms with van der Waals surface area (Å²) in [6.07, 6.45) is 5.35. The third-order valence-electron chi connectivity index (χ3n) is 3.21. The lowest BCUT2D eigenvalue weighted by Gasteiger charge is -2.16. The number of rotatable bonds is 5. The van der Waals surface area contributed by atoms with Crippen LogP contribution in [-0.4, -0.2) is 19.3 Å². The Labute approximate surface area is 107 Å². The maximum absolute atomic E-state index is 5.65. The molecule has 0 bridgehead atoms. The monoisotopic (exact) mass is 248 g/mol. The van der Waals surface area contributed by atoms with Crippen LogP contribution in [0.2, 0.25) is 0 Å². The van der Waals surface area contributed by atoms with Gasteiger partial charge >= 0.3 is 0 Å². The Hall–Kier alpha value is -1.66. The minimum atomic E-state index is 0.0395. The van der Waals surface area contributed by atoms with Crippen molar-refractivity contribution in [3.8, 4) is 0 Å². The maximum atomic E-state index is 5.65. The highest BCUT2D eigenvalue weighted by Crippen LogP contribution is 2.17. The largest absolute Gasteiger partial charge is 0.336 e. The van der Waals surface area contributed by atoms with Gasteiger partial charge in [-0.25, -0.2) is 4.98 Å². The Morgan fingerprint density at radius 1 is 1.44 bits per heavy atom. The Bertz CT molecular complexity index is 512. The number of hydrogen-bond donors (Lipinski definition) is 2. The maximum Gasteiger partial charge on any atom is 0.0946 e. The summed E-state index contributed by atoms with van der Waals surface area (Å²) in [6, 6.07) is 2.17. The molecular formula is C12H20N6. The van der Waals surface area contributed by atoms with E-state index in [4.69, 9.17) is 5.84 Å². The average molecular weight is 248 g/mol. The van der Waals surface area contributed by atoms with Gasteiger partial charge in [0.2, 0.25) is 0 Å². The van der Waals surface area contributed by atoms with E-state index in [2.05, 4.69) is 28.5 Å². The van der Waals surface area contributed by atoms with Crippen molar-refractivity contribution in [1.29, 1.82) is 0 Å². The number of hydrogen-bond acceptors (Lipinski definition) is 4. The quantitative estimate of drug-likeness (QED) is 0.595.